The maximum Gasteiger partial charge on any atom is 0.261 e. The van der Waals surface area contributed by atoms with Gasteiger partial charge in [-0.25, -0.2) is 13.8 Å². The van der Waals surface area contributed by atoms with E-state index in [0.717, 1.165) is 18.2 Å². The molecule has 1 aromatic heterocycles. The number of fused-ring (bicyclic) bond motifs is 1. The Balaban J connectivity index is 1.82. The van der Waals surface area contributed by atoms with Gasteiger partial charge in [0, 0.05) is 17.1 Å². The fraction of sp³-hybridized carbons (Fsp3) is 0.0435. The number of carbonyl (C=O) groups is 1. The molecule has 0 aliphatic rings. The fourth-order valence-corrected chi connectivity index (χ4v) is 2.87. The van der Waals surface area contributed by atoms with Gasteiger partial charge in [-0.1, -0.05) is 18.2 Å². The van der Waals surface area contributed by atoms with Crippen LogP contribution in [0.3, 0.4) is 0 Å². The monoisotopic (exact) mass is 406 g/mol. The SMILES string of the molecule is COc1ccc(NC(=O)c2cc3ccccc3oc2=Nc2cc(F)ccc2F)cc1. The first kappa shape index (κ1) is 19.3. The van der Waals surface area contributed by atoms with Crippen molar-refractivity contribution in [3.8, 4) is 5.75 Å². The number of methoxy groups -OCH3 is 1. The number of para-hydroxylation sites is 1. The van der Waals surface area contributed by atoms with Gasteiger partial charge in [-0.2, -0.15) is 0 Å². The molecule has 1 N–H and O–H groups in total. The molecule has 1 heterocycles. The number of carbonyl (C=O) groups excluding carboxylic acids is 1. The third-order valence-electron chi connectivity index (χ3n) is 4.38. The fourth-order valence-electron chi connectivity index (χ4n) is 2.87. The average Bonchev–Trinajstić information content (AvgIpc) is 2.76. The van der Waals surface area contributed by atoms with Gasteiger partial charge in [0.05, 0.1) is 7.11 Å². The van der Waals surface area contributed by atoms with Gasteiger partial charge in [-0.15, -0.1) is 0 Å². The maximum atomic E-state index is 14.1. The summed E-state index contributed by atoms with van der Waals surface area (Å²) in [4.78, 5) is 17.0. The number of nitrogens with one attached hydrogen (secondary N) is 1. The van der Waals surface area contributed by atoms with Crippen molar-refractivity contribution in [3.05, 3.63) is 95.5 Å². The smallest absolute Gasteiger partial charge is 0.261 e. The first-order valence-corrected chi connectivity index (χ1v) is 9.01. The summed E-state index contributed by atoms with van der Waals surface area (Å²) in [5.74, 6) is -1.25. The van der Waals surface area contributed by atoms with Crippen LogP contribution in [0.25, 0.3) is 11.0 Å². The van der Waals surface area contributed by atoms with Gasteiger partial charge in [-0.3, -0.25) is 4.79 Å². The Hall–Kier alpha value is -4.00. The minimum atomic E-state index is -0.735. The van der Waals surface area contributed by atoms with E-state index in [-0.39, 0.29) is 16.8 Å². The van der Waals surface area contributed by atoms with Crippen LogP contribution in [-0.2, 0) is 0 Å². The molecule has 150 valence electrons. The van der Waals surface area contributed by atoms with Gasteiger partial charge in [0.1, 0.15) is 34.2 Å². The molecule has 0 radical (unpaired) electrons. The molecule has 4 aromatic rings. The van der Waals surface area contributed by atoms with Crippen LogP contribution in [0, 0.1) is 11.6 Å². The minimum absolute atomic E-state index is 0.0770. The Morgan fingerprint density at radius 3 is 2.53 bits per heavy atom. The van der Waals surface area contributed by atoms with Crippen molar-refractivity contribution in [2.45, 2.75) is 0 Å². The standard InChI is InChI=1S/C23H16F2N2O3/c1-29-17-9-7-16(8-10-17)26-22(28)18-12-14-4-2-3-5-21(14)30-23(18)27-20-13-15(24)6-11-19(20)25/h2-13H,1H3,(H,26,28). The van der Waals surface area contributed by atoms with Crippen molar-refractivity contribution < 1.29 is 22.7 Å². The molecule has 0 unspecified atom stereocenters. The molecule has 0 saturated heterocycles. The Kier molecular flexibility index (Phi) is 5.26. The molecular weight excluding hydrogens is 390 g/mol. The summed E-state index contributed by atoms with van der Waals surface area (Å²) < 4.78 is 38.5. The molecule has 0 fully saturated rings. The van der Waals surface area contributed by atoms with E-state index >= 15 is 0 Å². The van der Waals surface area contributed by atoms with E-state index in [0.29, 0.717) is 22.4 Å². The van der Waals surface area contributed by atoms with Crippen molar-refractivity contribution in [2.75, 3.05) is 12.4 Å². The molecular formula is C23H16F2N2O3. The number of benzene rings is 3. The second-order valence-electron chi connectivity index (χ2n) is 6.39. The predicted octanol–water partition coefficient (Wildman–Crippen LogP) is 5.20. The molecule has 0 aliphatic heterocycles. The molecule has 0 bridgehead atoms. The Morgan fingerprint density at radius 2 is 1.77 bits per heavy atom. The van der Waals surface area contributed by atoms with Crippen molar-refractivity contribution in [1.82, 2.24) is 0 Å². The molecule has 0 aliphatic carbocycles. The number of ether oxygens (including phenoxy) is 1. The van der Waals surface area contributed by atoms with Crippen LogP contribution in [-0.4, -0.2) is 13.0 Å². The summed E-state index contributed by atoms with van der Waals surface area (Å²) in [5, 5.41) is 3.41. The number of rotatable bonds is 4. The molecule has 0 spiro atoms. The zero-order valence-corrected chi connectivity index (χ0v) is 15.9. The first-order valence-electron chi connectivity index (χ1n) is 9.01. The number of amides is 1. The zero-order valence-electron chi connectivity index (χ0n) is 15.9. The lowest BCUT2D eigenvalue weighted by Gasteiger charge is -2.08. The molecule has 4 rings (SSSR count). The predicted molar refractivity (Wildman–Crippen MR) is 109 cm³/mol. The second kappa shape index (κ2) is 8.16. The Labute approximate surface area is 170 Å². The van der Waals surface area contributed by atoms with E-state index in [1.165, 1.54) is 0 Å². The van der Waals surface area contributed by atoms with E-state index in [2.05, 4.69) is 10.3 Å². The summed E-state index contributed by atoms with van der Waals surface area (Å²) >= 11 is 0. The van der Waals surface area contributed by atoms with Gasteiger partial charge >= 0.3 is 0 Å². The summed E-state index contributed by atoms with van der Waals surface area (Å²) in [6, 6.07) is 18.3. The van der Waals surface area contributed by atoms with E-state index in [1.54, 1.807) is 61.7 Å². The normalized spacial score (nSPS) is 11.5. The molecule has 7 heteroatoms. The summed E-state index contributed by atoms with van der Waals surface area (Å²) in [5.41, 5.74) is 0.649. The number of hydrogen-bond acceptors (Lipinski definition) is 4. The largest absolute Gasteiger partial charge is 0.497 e. The lowest BCUT2D eigenvalue weighted by Crippen LogP contribution is -2.21. The zero-order chi connectivity index (χ0) is 21.1. The number of nitrogens with zero attached hydrogens (tertiary/aromatic N) is 1. The van der Waals surface area contributed by atoms with E-state index < -0.39 is 17.5 Å². The average molecular weight is 406 g/mol. The van der Waals surface area contributed by atoms with Crippen molar-refractivity contribution in [1.29, 1.82) is 0 Å². The number of halogens is 2. The lowest BCUT2D eigenvalue weighted by molar-refractivity contribution is 0.102. The summed E-state index contributed by atoms with van der Waals surface area (Å²) in [6.07, 6.45) is 0. The maximum absolute atomic E-state index is 14.1. The highest BCUT2D eigenvalue weighted by Crippen LogP contribution is 2.20. The van der Waals surface area contributed by atoms with Crippen LogP contribution in [0.15, 0.2) is 82.2 Å². The van der Waals surface area contributed by atoms with Crippen LogP contribution in [0.4, 0.5) is 20.2 Å². The van der Waals surface area contributed by atoms with Gasteiger partial charge in [-0.05, 0) is 48.5 Å². The third kappa shape index (κ3) is 4.05. The molecule has 0 saturated carbocycles. The van der Waals surface area contributed by atoms with E-state index in [4.69, 9.17) is 9.15 Å². The molecule has 30 heavy (non-hydrogen) atoms. The highest BCUT2D eigenvalue weighted by Gasteiger charge is 2.14. The molecule has 0 atom stereocenters. The second-order valence-corrected chi connectivity index (χ2v) is 6.39. The molecule has 5 nitrogen and oxygen atoms in total. The molecule has 1 amide bonds. The van der Waals surface area contributed by atoms with Crippen LogP contribution in [0.1, 0.15) is 10.4 Å². The number of anilines is 1. The van der Waals surface area contributed by atoms with Gasteiger partial charge in [0.15, 0.2) is 0 Å². The van der Waals surface area contributed by atoms with Crippen molar-refractivity contribution in [2.24, 2.45) is 4.99 Å². The third-order valence-corrected chi connectivity index (χ3v) is 4.38. The highest BCUT2D eigenvalue weighted by atomic mass is 19.1. The lowest BCUT2D eigenvalue weighted by atomic mass is 10.1. The number of hydrogen-bond donors (Lipinski definition) is 1. The summed E-state index contributed by atoms with van der Waals surface area (Å²) in [7, 11) is 1.55. The molecule has 3 aromatic carbocycles. The summed E-state index contributed by atoms with van der Waals surface area (Å²) in [6.45, 7) is 0. The van der Waals surface area contributed by atoms with E-state index in [1.807, 2.05) is 0 Å². The van der Waals surface area contributed by atoms with Crippen LogP contribution in [0.2, 0.25) is 0 Å². The quantitative estimate of drug-likeness (QED) is 0.506. The van der Waals surface area contributed by atoms with Crippen LogP contribution < -0.4 is 15.6 Å². The highest BCUT2D eigenvalue weighted by molar-refractivity contribution is 6.05. The minimum Gasteiger partial charge on any atom is -0.497 e. The van der Waals surface area contributed by atoms with Gasteiger partial charge in [0.25, 0.3) is 5.91 Å². The van der Waals surface area contributed by atoms with Gasteiger partial charge < -0.3 is 14.5 Å². The topological polar surface area (TPSA) is 63.8 Å². The van der Waals surface area contributed by atoms with Crippen molar-refractivity contribution in [3.63, 3.8) is 0 Å². The van der Waals surface area contributed by atoms with Gasteiger partial charge in [0.2, 0.25) is 5.55 Å². The Bertz CT molecular complexity index is 1300. The van der Waals surface area contributed by atoms with Crippen LogP contribution >= 0.6 is 0 Å². The Morgan fingerprint density at radius 1 is 1.00 bits per heavy atom. The first-order chi connectivity index (χ1) is 14.5. The van der Waals surface area contributed by atoms with E-state index in [9.17, 15) is 13.6 Å². The van der Waals surface area contributed by atoms with Crippen molar-refractivity contribution >= 4 is 28.3 Å². The van der Waals surface area contributed by atoms with Crippen LogP contribution in [0.5, 0.6) is 5.75 Å².